The second kappa shape index (κ2) is 2.01. The minimum atomic E-state index is 1.16. The summed E-state index contributed by atoms with van der Waals surface area (Å²) in [6, 6.07) is 0. The largest absolute Gasteiger partial charge is 0.0880 e. The van der Waals surface area contributed by atoms with E-state index in [9.17, 15) is 0 Å². The number of rotatable bonds is 0. The predicted molar refractivity (Wildman–Crippen MR) is 27.0 cm³/mol. The molecule has 1 aliphatic rings. The highest BCUT2D eigenvalue weighted by Crippen LogP contribution is 2.04. The molecule has 0 unspecified atom stereocenters. The van der Waals surface area contributed by atoms with Crippen molar-refractivity contribution in [2.24, 2.45) is 0 Å². The fraction of sp³-hybridized carbons (Fsp3) is 0.333. The van der Waals surface area contributed by atoms with Gasteiger partial charge in [0, 0.05) is 0 Å². The fourth-order valence-corrected chi connectivity index (χ4v) is 0.542. The van der Waals surface area contributed by atoms with Gasteiger partial charge in [-0.15, -0.1) is 0 Å². The second-order valence-corrected chi connectivity index (χ2v) is 1.42. The van der Waals surface area contributed by atoms with Crippen LogP contribution in [0.15, 0.2) is 12.2 Å². The van der Waals surface area contributed by atoms with E-state index in [1.54, 1.807) is 0 Å². The predicted octanol–water partition coefficient (Wildman–Crippen LogP) is 1.74. The third-order valence-corrected chi connectivity index (χ3v) is 0.878. The lowest BCUT2D eigenvalue weighted by Crippen LogP contribution is -1.79. The summed E-state index contributed by atoms with van der Waals surface area (Å²) in [5.74, 6) is 0. The van der Waals surface area contributed by atoms with Crippen molar-refractivity contribution in [2.75, 3.05) is 0 Å². The molecule has 0 aromatic carbocycles. The van der Waals surface area contributed by atoms with Gasteiger partial charge >= 0.3 is 0 Å². The van der Waals surface area contributed by atoms with Gasteiger partial charge in [0.05, 0.1) is 0 Å². The molecule has 1 rings (SSSR count). The Kier molecular flexibility index (Phi) is 1.31. The fourth-order valence-electron chi connectivity index (χ4n) is 0.542. The number of allylic oxidation sites excluding steroid dienone is 2. The van der Waals surface area contributed by atoms with Crippen LogP contribution in [0.3, 0.4) is 0 Å². The molecule has 6 heavy (non-hydrogen) atoms. The van der Waals surface area contributed by atoms with Gasteiger partial charge in [-0.2, -0.15) is 0 Å². The van der Waals surface area contributed by atoms with Gasteiger partial charge in [-0.1, -0.05) is 12.2 Å². The first-order chi connectivity index (χ1) is 3.00. The Hall–Kier alpha value is -0.260. The van der Waals surface area contributed by atoms with Crippen LogP contribution in [-0.2, 0) is 0 Å². The van der Waals surface area contributed by atoms with Crippen LogP contribution in [0.4, 0.5) is 0 Å². The topological polar surface area (TPSA) is 0 Å². The molecule has 1 aliphatic carbocycles. The van der Waals surface area contributed by atoms with Crippen molar-refractivity contribution in [1.82, 2.24) is 0 Å². The van der Waals surface area contributed by atoms with Crippen molar-refractivity contribution >= 4 is 0 Å². The zero-order valence-electron chi connectivity index (χ0n) is 3.72. The second-order valence-electron chi connectivity index (χ2n) is 1.42. The average Bonchev–Trinajstić information content (AvgIpc) is 1.72. The molecular formula is C6H8. The lowest BCUT2D eigenvalue weighted by molar-refractivity contribution is 1.03. The summed E-state index contributed by atoms with van der Waals surface area (Å²) in [5, 5.41) is 0. The van der Waals surface area contributed by atoms with E-state index in [-0.39, 0.29) is 0 Å². The lowest BCUT2D eigenvalue weighted by atomic mass is 10.1. The van der Waals surface area contributed by atoms with Crippen molar-refractivity contribution in [2.45, 2.75) is 12.8 Å². The smallest absolute Gasteiger partial charge is 0.0168 e. The van der Waals surface area contributed by atoms with Gasteiger partial charge in [-0.05, 0) is 25.7 Å². The monoisotopic (exact) mass is 80.1 g/mol. The molecule has 0 aromatic heterocycles. The maximum atomic E-state index is 2.25. The van der Waals surface area contributed by atoms with E-state index in [1.807, 2.05) is 0 Å². The lowest BCUT2D eigenvalue weighted by Gasteiger charge is -1.96. The van der Waals surface area contributed by atoms with Crippen molar-refractivity contribution in [3.8, 4) is 0 Å². The molecule has 0 saturated heterocycles. The Labute approximate surface area is 38.9 Å². The van der Waals surface area contributed by atoms with Gasteiger partial charge in [-0.25, -0.2) is 0 Å². The summed E-state index contributed by atoms with van der Waals surface area (Å²) < 4.78 is 0. The van der Waals surface area contributed by atoms with Crippen molar-refractivity contribution < 1.29 is 0 Å². The molecule has 0 aliphatic heterocycles. The first kappa shape index (κ1) is 3.91. The van der Waals surface area contributed by atoms with Crippen molar-refractivity contribution in [3.63, 3.8) is 0 Å². The van der Waals surface area contributed by atoms with E-state index >= 15 is 0 Å². The summed E-state index contributed by atoms with van der Waals surface area (Å²) in [6.07, 6.45) is 11.0. The highest BCUT2D eigenvalue weighted by atomic mass is 13.9. The molecule has 0 heteroatoms. The zero-order valence-corrected chi connectivity index (χ0v) is 3.72. The summed E-state index contributed by atoms with van der Waals surface area (Å²) in [5.41, 5.74) is 0. The Morgan fingerprint density at radius 3 is 2.33 bits per heavy atom. The highest BCUT2D eigenvalue weighted by Gasteiger charge is 1.88. The van der Waals surface area contributed by atoms with Crippen LogP contribution in [0.1, 0.15) is 12.8 Å². The summed E-state index contributed by atoms with van der Waals surface area (Å²) in [7, 11) is 0. The van der Waals surface area contributed by atoms with Gasteiger partial charge in [0.1, 0.15) is 0 Å². The maximum Gasteiger partial charge on any atom is -0.0168 e. The Morgan fingerprint density at radius 2 is 2.17 bits per heavy atom. The first-order valence-electron chi connectivity index (χ1n) is 2.30. The van der Waals surface area contributed by atoms with E-state index in [2.05, 4.69) is 25.0 Å². The summed E-state index contributed by atoms with van der Waals surface area (Å²) >= 11 is 0. The molecule has 0 bridgehead atoms. The third-order valence-electron chi connectivity index (χ3n) is 0.878. The quantitative estimate of drug-likeness (QED) is 0.416. The van der Waals surface area contributed by atoms with Gasteiger partial charge in [0.25, 0.3) is 0 Å². The molecule has 0 nitrogen and oxygen atoms in total. The SMILES string of the molecule is [CH]1C=CC[CH]C1. The molecule has 0 fully saturated rings. The van der Waals surface area contributed by atoms with Gasteiger partial charge in [-0.3, -0.25) is 0 Å². The van der Waals surface area contributed by atoms with Crippen LogP contribution in [0.5, 0.6) is 0 Å². The van der Waals surface area contributed by atoms with E-state index in [4.69, 9.17) is 0 Å². The minimum Gasteiger partial charge on any atom is -0.0880 e. The summed E-state index contributed by atoms with van der Waals surface area (Å²) in [6.45, 7) is 0. The van der Waals surface area contributed by atoms with Gasteiger partial charge < -0.3 is 0 Å². The van der Waals surface area contributed by atoms with Crippen molar-refractivity contribution in [1.29, 1.82) is 0 Å². The highest BCUT2D eigenvalue weighted by molar-refractivity contribution is 5.04. The number of hydrogen-bond donors (Lipinski definition) is 0. The minimum absolute atomic E-state index is 1.16. The molecule has 32 valence electrons. The van der Waals surface area contributed by atoms with Crippen LogP contribution in [0, 0.1) is 12.8 Å². The van der Waals surface area contributed by atoms with E-state index in [1.165, 1.54) is 0 Å². The van der Waals surface area contributed by atoms with E-state index in [0.29, 0.717) is 0 Å². The normalized spacial score (nSPS) is 21.3. The van der Waals surface area contributed by atoms with Crippen LogP contribution in [-0.4, -0.2) is 0 Å². The number of hydrogen-bond acceptors (Lipinski definition) is 0. The van der Waals surface area contributed by atoms with Gasteiger partial charge in [0.2, 0.25) is 0 Å². The van der Waals surface area contributed by atoms with E-state index < -0.39 is 0 Å². The Balaban J connectivity index is 2.26. The van der Waals surface area contributed by atoms with E-state index in [0.717, 1.165) is 12.8 Å². The summed E-state index contributed by atoms with van der Waals surface area (Å²) in [4.78, 5) is 0. The van der Waals surface area contributed by atoms with Crippen molar-refractivity contribution in [3.05, 3.63) is 25.0 Å². The molecule has 0 atom stereocenters. The molecule has 0 aromatic rings. The molecule has 2 radical (unpaired) electrons. The standard InChI is InChI=1S/C6H8/c1-2-4-6-5-3-1/h1-3,6H,4-5H2. The third kappa shape index (κ3) is 0.852. The van der Waals surface area contributed by atoms with Gasteiger partial charge in [0.15, 0.2) is 0 Å². The molecular weight excluding hydrogens is 72.1 g/mol. The van der Waals surface area contributed by atoms with Crippen LogP contribution < -0.4 is 0 Å². The van der Waals surface area contributed by atoms with Crippen LogP contribution in [0.2, 0.25) is 0 Å². The molecule has 0 amide bonds. The van der Waals surface area contributed by atoms with Crippen LogP contribution in [0.25, 0.3) is 0 Å². The average molecular weight is 80.1 g/mol. The Bertz CT molecular complexity index is 45.1. The van der Waals surface area contributed by atoms with Crippen LogP contribution >= 0.6 is 0 Å². The molecule has 0 heterocycles. The Morgan fingerprint density at radius 1 is 1.17 bits per heavy atom. The molecule has 0 saturated carbocycles. The molecule has 0 N–H and O–H groups in total. The first-order valence-corrected chi connectivity index (χ1v) is 2.30. The maximum absolute atomic E-state index is 2.25. The molecule has 0 spiro atoms. The zero-order chi connectivity index (χ0) is 4.24.